The highest BCUT2D eigenvalue weighted by molar-refractivity contribution is 7.18. The van der Waals surface area contributed by atoms with Crippen molar-refractivity contribution in [3.63, 3.8) is 0 Å². The Morgan fingerprint density at radius 2 is 2.12 bits per heavy atom. The number of anilines is 2. The number of nitrogens with zero attached hydrogens (tertiary/aromatic N) is 2. The van der Waals surface area contributed by atoms with Crippen LogP contribution in [0.5, 0.6) is 5.75 Å². The molecule has 170 valence electrons. The molecule has 1 aromatic carbocycles. The highest BCUT2D eigenvalue weighted by atomic mass is 35.5. The van der Waals surface area contributed by atoms with Gasteiger partial charge in [0.2, 0.25) is 0 Å². The predicted molar refractivity (Wildman–Crippen MR) is 120 cm³/mol. The standard InChI is InChI=1S/C21H22ClN3O6S/c1-2-30-16-9-13(24-7-8-29-12-19(24)26)3-4-15(16)25-11-14(31-21(25)28)10-23-20(27)17-5-6-18(22)32-17/h3-6,9,14H,2,7-8,10-12H2,1H3,(H,23,27). The van der Waals surface area contributed by atoms with Gasteiger partial charge in [0.15, 0.2) is 0 Å². The molecule has 11 heteroatoms. The molecule has 3 amide bonds. The van der Waals surface area contributed by atoms with Crippen LogP contribution in [0.1, 0.15) is 16.6 Å². The van der Waals surface area contributed by atoms with Crippen molar-refractivity contribution < 1.29 is 28.6 Å². The van der Waals surface area contributed by atoms with Gasteiger partial charge in [-0.1, -0.05) is 11.6 Å². The first-order valence-electron chi connectivity index (χ1n) is 10.1. The minimum atomic E-state index is -0.528. The summed E-state index contributed by atoms with van der Waals surface area (Å²) in [6.45, 7) is 3.59. The molecule has 0 bridgehead atoms. The number of carbonyl (C=O) groups excluding carboxylic acids is 3. The zero-order chi connectivity index (χ0) is 22.7. The van der Waals surface area contributed by atoms with E-state index in [2.05, 4.69) is 5.32 Å². The Morgan fingerprint density at radius 3 is 2.84 bits per heavy atom. The minimum Gasteiger partial charge on any atom is -0.492 e. The van der Waals surface area contributed by atoms with Gasteiger partial charge in [-0.25, -0.2) is 4.79 Å². The Labute approximate surface area is 193 Å². The van der Waals surface area contributed by atoms with E-state index in [1.807, 2.05) is 6.92 Å². The monoisotopic (exact) mass is 479 g/mol. The highest BCUT2D eigenvalue weighted by Crippen LogP contribution is 2.35. The summed E-state index contributed by atoms with van der Waals surface area (Å²) >= 11 is 7.05. The fraction of sp³-hybridized carbons (Fsp3) is 0.381. The molecule has 0 spiro atoms. The fourth-order valence-electron chi connectivity index (χ4n) is 3.51. The molecule has 0 radical (unpaired) electrons. The first kappa shape index (κ1) is 22.4. The number of ether oxygens (including phenoxy) is 3. The zero-order valence-corrected chi connectivity index (χ0v) is 18.9. The van der Waals surface area contributed by atoms with Crippen LogP contribution in [0.3, 0.4) is 0 Å². The summed E-state index contributed by atoms with van der Waals surface area (Å²) in [5.74, 6) is 0.0694. The Hall–Kier alpha value is -2.82. The Kier molecular flexibility index (Phi) is 6.83. The molecular weight excluding hydrogens is 458 g/mol. The summed E-state index contributed by atoms with van der Waals surface area (Å²) in [5.41, 5.74) is 1.22. The number of amides is 3. The molecule has 2 saturated heterocycles. The van der Waals surface area contributed by atoms with Gasteiger partial charge in [-0.2, -0.15) is 0 Å². The zero-order valence-electron chi connectivity index (χ0n) is 17.3. The molecule has 32 heavy (non-hydrogen) atoms. The summed E-state index contributed by atoms with van der Waals surface area (Å²) in [6, 6.07) is 8.54. The molecule has 2 fully saturated rings. The highest BCUT2D eigenvalue weighted by Gasteiger charge is 2.34. The van der Waals surface area contributed by atoms with E-state index in [0.29, 0.717) is 46.1 Å². The molecule has 1 atom stereocenters. The summed E-state index contributed by atoms with van der Waals surface area (Å²) < 4.78 is 16.9. The lowest BCUT2D eigenvalue weighted by Gasteiger charge is -2.28. The normalized spacial score (nSPS) is 18.6. The number of thiophene rings is 1. The number of cyclic esters (lactones) is 1. The second kappa shape index (κ2) is 9.76. The van der Waals surface area contributed by atoms with E-state index in [0.717, 1.165) is 0 Å². The lowest BCUT2D eigenvalue weighted by molar-refractivity contribution is -0.125. The van der Waals surface area contributed by atoms with Gasteiger partial charge < -0.3 is 24.4 Å². The second-order valence-electron chi connectivity index (χ2n) is 7.11. The van der Waals surface area contributed by atoms with Gasteiger partial charge in [-0.05, 0) is 31.2 Å². The van der Waals surface area contributed by atoms with Crippen LogP contribution in [0.4, 0.5) is 16.2 Å². The molecule has 1 N–H and O–H groups in total. The summed E-state index contributed by atoms with van der Waals surface area (Å²) in [5, 5.41) is 2.77. The molecule has 1 aromatic heterocycles. The number of morpholine rings is 1. The van der Waals surface area contributed by atoms with Crippen molar-refractivity contribution in [3.05, 3.63) is 39.5 Å². The number of hydrogen-bond acceptors (Lipinski definition) is 7. The van der Waals surface area contributed by atoms with Crippen LogP contribution >= 0.6 is 22.9 Å². The van der Waals surface area contributed by atoms with E-state index in [9.17, 15) is 14.4 Å². The summed E-state index contributed by atoms with van der Waals surface area (Å²) in [6.07, 6.45) is -1.04. The Bertz CT molecular complexity index is 1030. The quantitative estimate of drug-likeness (QED) is 0.655. The van der Waals surface area contributed by atoms with Crippen molar-refractivity contribution in [1.82, 2.24) is 5.32 Å². The van der Waals surface area contributed by atoms with Gasteiger partial charge in [-0.15, -0.1) is 11.3 Å². The van der Waals surface area contributed by atoms with Crippen LogP contribution in [0.15, 0.2) is 30.3 Å². The van der Waals surface area contributed by atoms with Gasteiger partial charge in [0, 0.05) is 18.3 Å². The van der Waals surface area contributed by atoms with Gasteiger partial charge in [0.05, 0.1) is 41.2 Å². The summed E-state index contributed by atoms with van der Waals surface area (Å²) in [4.78, 5) is 40.5. The van der Waals surface area contributed by atoms with E-state index in [1.54, 1.807) is 35.2 Å². The molecule has 0 aliphatic carbocycles. The van der Waals surface area contributed by atoms with Gasteiger partial charge in [0.25, 0.3) is 11.8 Å². The van der Waals surface area contributed by atoms with Crippen molar-refractivity contribution >= 4 is 52.2 Å². The molecule has 2 aliphatic rings. The van der Waals surface area contributed by atoms with Crippen LogP contribution in [0.2, 0.25) is 4.34 Å². The lowest BCUT2D eigenvalue weighted by Crippen LogP contribution is -2.41. The number of hydrogen-bond donors (Lipinski definition) is 1. The van der Waals surface area contributed by atoms with Crippen molar-refractivity contribution in [3.8, 4) is 5.75 Å². The molecule has 0 saturated carbocycles. The Balaban J connectivity index is 1.45. The third kappa shape index (κ3) is 4.82. The second-order valence-corrected chi connectivity index (χ2v) is 8.83. The predicted octanol–water partition coefficient (Wildman–Crippen LogP) is 2.92. The number of benzene rings is 1. The Morgan fingerprint density at radius 1 is 1.28 bits per heavy atom. The molecule has 2 aliphatic heterocycles. The molecular formula is C21H22ClN3O6S. The van der Waals surface area contributed by atoms with Gasteiger partial charge >= 0.3 is 6.09 Å². The SMILES string of the molecule is CCOc1cc(N2CCOCC2=O)ccc1N1CC(CNC(=O)c2ccc(Cl)s2)OC1=O. The van der Waals surface area contributed by atoms with Gasteiger partial charge in [0.1, 0.15) is 18.5 Å². The summed E-state index contributed by atoms with van der Waals surface area (Å²) in [7, 11) is 0. The van der Waals surface area contributed by atoms with Crippen molar-refractivity contribution in [1.29, 1.82) is 0 Å². The van der Waals surface area contributed by atoms with Crippen molar-refractivity contribution in [2.24, 2.45) is 0 Å². The first-order valence-corrected chi connectivity index (χ1v) is 11.3. The number of carbonyl (C=O) groups is 3. The average molecular weight is 480 g/mol. The van der Waals surface area contributed by atoms with E-state index in [-0.39, 0.29) is 31.5 Å². The maximum absolute atomic E-state index is 12.5. The largest absolute Gasteiger partial charge is 0.492 e. The number of nitrogens with one attached hydrogen (secondary N) is 1. The van der Waals surface area contributed by atoms with E-state index in [4.69, 9.17) is 25.8 Å². The third-order valence-corrected chi connectivity index (χ3v) is 6.22. The van der Waals surface area contributed by atoms with E-state index < -0.39 is 12.2 Å². The van der Waals surface area contributed by atoms with Crippen LogP contribution in [0, 0.1) is 0 Å². The molecule has 4 rings (SSSR count). The fourth-order valence-corrected chi connectivity index (χ4v) is 4.47. The van der Waals surface area contributed by atoms with Crippen LogP contribution < -0.4 is 19.9 Å². The van der Waals surface area contributed by atoms with Crippen LogP contribution in [0.25, 0.3) is 0 Å². The molecule has 2 aromatic rings. The number of rotatable bonds is 7. The maximum atomic E-state index is 12.5. The maximum Gasteiger partial charge on any atom is 0.414 e. The van der Waals surface area contributed by atoms with Crippen LogP contribution in [-0.4, -0.2) is 63.5 Å². The van der Waals surface area contributed by atoms with Crippen LogP contribution in [-0.2, 0) is 14.3 Å². The molecule has 1 unspecified atom stereocenters. The first-order chi connectivity index (χ1) is 15.5. The van der Waals surface area contributed by atoms with E-state index >= 15 is 0 Å². The van der Waals surface area contributed by atoms with Crippen molar-refractivity contribution in [2.75, 3.05) is 49.3 Å². The average Bonchev–Trinajstić information content (AvgIpc) is 3.38. The topological polar surface area (TPSA) is 97.4 Å². The minimum absolute atomic E-state index is 0.0370. The molecule has 3 heterocycles. The smallest absolute Gasteiger partial charge is 0.414 e. The lowest BCUT2D eigenvalue weighted by atomic mass is 10.2. The van der Waals surface area contributed by atoms with Crippen molar-refractivity contribution in [2.45, 2.75) is 13.0 Å². The third-order valence-electron chi connectivity index (χ3n) is 4.99. The molecule has 9 nitrogen and oxygen atoms in total. The number of halogens is 1. The van der Waals surface area contributed by atoms with E-state index in [1.165, 1.54) is 16.2 Å². The van der Waals surface area contributed by atoms with Gasteiger partial charge in [-0.3, -0.25) is 14.5 Å².